The molecule has 0 atom stereocenters. The van der Waals surface area contributed by atoms with Crippen LogP contribution in [-0.2, 0) is 0 Å². The van der Waals surface area contributed by atoms with Crippen molar-refractivity contribution in [2.75, 3.05) is 5.73 Å². The molecule has 1 heterocycles. The van der Waals surface area contributed by atoms with Crippen molar-refractivity contribution in [2.24, 2.45) is 0 Å². The maximum absolute atomic E-state index is 5.94. The first-order chi connectivity index (χ1) is 11.7. The van der Waals surface area contributed by atoms with E-state index in [1.807, 2.05) is 44.2 Å². The molecular weight excluding hydrogens is 292 g/mol. The van der Waals surface area contributed by atoms with E-state index in [1.54, 1.807) is 0 Å². The molecule has 4 aromatic rings. The molecule has 0 fully saturated rings. The Labute approximate surface area is 143 Å². The van der Waals surface area contributed by atoms with Gasteiger partial charge in [-0.1, -0.05) is 67.9 Å². The fourth-order valence-electron chi connectivity index (χ4n) is 2.95. The van der Waals surface area contributed by atoms with Crippen LogP contribution in [0.4, 0.5) is 5.69 Å². The Hall–Kier alpha value is -2.87. The summed E-state index contributed by atoms with van der Waals surface area (Å²) in [5.74, 6) is 0. The smallest absolute Gasteiger partial charge is 0.0788 e. The Morgan fingerprint density at radius 2 is 1.46 bits per heavy atom. The molecular formula is C22H22N2. The zero-order chi connectivity index (χ0) is 17.1. The molecule has 120 valence electrons. The van der Waals surface area contributed by atoms with Crippen LogP contribution in [0.5, 0.6) is 0 Å². The van der Waals surface area contributed by atoms with Gasteiger partial charge in [-0.3, -0.25) is 0 Å². The summed E-state index contributed by atoms with van der Waals surface area (Å²) in [6.07, 6.45) is 0. The van der Waals surface area contributed by atoms with Crippen LogP contribution in [0.25, 0.3) is 32.9 Å². The normalized spacial score (nSPS) is 10.5. The monoisotopic (exact) mass is 314 g/mol. The highest BCUT2D eigenvalue weighted by Gasteiger charge is 2.10. The van der Waals surface area contributed by atoms with E-state index in [1.165, 1.54) is 16.3 Å². The summed E-state index contributed by atoms with van der Waals surface area (Å²) in [7, 11) is 0. The third kappa shape index (κ3) is 2.83. The number of nitrogens with zero attached hydrogens (tertiary/aromatic N) is 1. The Bertz CT molecular complexity index is 989. The maximum atomic E-state index is 5.94. The molecule has 0 radical (unpaired) electrons. The van der Waals surface area contributed by atoms with E-state index in [0.29, 0.717) is 0 Å². The van der Waals surface area contributed by atoms with Crippen LogP contribution in [0.3, 0.4) is 0 Å². The van der Waals surface area contributed by atoms with E-state index in [2.05, 4.69) is 43.3 Å². The molecule has 0 aliphatic rings. The molecule has 2 heteroatoms. The third-order valence-corrected chi connectivity index (χ3v) is 4.02. The second-order valence-electron chi connectivity index (χ2n) is 5.65. The highest BCUT2D eigenvalue weighted by atomic mass is 14.7. The maximum Gasteiger partial charge on any atom is 0.0788 e. The van der Waals surface area contributed by atoms with Crippen LogP contribution >= 0.6 is 0 Å². The lowest BCUT2D eigenvalue weighted by Crippen LogP contribution is -1.92. The van der Waals surface area contributed by atoms with Gasteiger partial charge < -0.3 is 5.73 Å². The molecule has 4 rings (SSSR count). The first-order valence-corrected chi connectivity index (χ1v) is 8.37. The predicted molar refractivity (Wildman–Crippen MR) is 105 cm³/mol. The zero-order valence-corrected chi connectivity index (χ0v) is 14.4. The fraction of sp³-hybridized carbons (Fsp3) is 0.136. The number of rotatable bonds is 1. The van der Waals surface area contributed by atoms with Gasteiger partial charge in [-0.05, 0) is 30.5 Å². The number of benzene rings is 3. The summed E-state index contributed by atoms with van der Waals surface area (Å²) in [5.41, 5.74) is 11.0. The largest absolute Gasteiger partial charge is 0.399 e. The van der Waals surface area contributed by atoms with Gasteiger partial charge in [-0.25, -0.2) is 4.98 Å². The van der Waals surface area contributed by atoms with Crippen LogP contribution in [0.2, 0.25) is 0 Å². The molecule has 1 aromatic heterocycles. The molecule has 0 aliphatic carbocycles. The van der Waals surface area contributed by atoms with Gasteiger partial charge in [0.2, 0.25) is 0 Å². The lowest BCUT2D eigenvalue weighted by Gasteiger charge is -2.11. The standard InChI is InChI=1S/C20H16N2.C2H6/c1-13-7-9-16-17-10-8-15(21)12-19(17)22-20(18(16)11-13)14-5-3-2-4-6-14;1-2/h2-12H,21H2,1H3;1-2H3. The molecule has 0 saturated heterocycles. The number of pyridine rings is 1. The van der Waals surface area contributed by atoms with Crippen LogP contribution in [0.1, 0.15) is 19.4 Å². The van der Waals surface area contributed by atoms with E-state index < -0.39 is 0 Å². The van der Waals surface area contributed by atoms with Crippen molar-refractivity contribution in [3.05, 3.63) is 72.3 Å². The van der Waals surface area contributed by atoms with Crippen molar-refractivity contribution >= 4 is 27.4 Å². The minimum atomic E-state index is 0.741. The number of nitrogen functional groups attached to an aromatic ring is 1. The third-order valence-electron chi connectivity index (χ3n) is 4.02. The van der Waals surface area contributed by atoms with Crippen LogP contribution in [0, 0.1) is 6.92 Å². The first kappa shape index (κ1) is 16.0. The summed E-state index contributed by atoms with van der Waals surface area (Å²) in [5, 5.41) is 3.54. The molecule has 0 unspecified atom stereocenters. The lowest BCUT2D eigenvalue weighted by molar-refractivity contribution is 1.41. The number of nitrogens with two attached hydrogens (primary N) is 1. The van der Waals surface area contributed by atoms with Crippen LogP contribution in [0.15, 0.2) is 66.7 Å². The number of aromatic nitrogens is 1. The molecule has 2 N–H and O–H groups in total. The summed E-state index contributed by atoms with van der Waals surface area (Å²) in [6.45, 7) is 6.11. The fourth-order valence-corrected chi connectivity index (χ4v) is 2.95. The second kappa shape index (κ2) is 6.71. The minimum Gasteiger partial charge on any atom is -0.399 e. The number of fused-ring (bicyclic) bond motifs is 3. The van der Waals surface area contributed by atoms with Gasteiger partial charge in [0.1, 0.15) is 0 Å². The highest BCUT2D eigenvalue weighted by molar-refractivity contribution is 6.11. The van der Waals surface area contributed by atoms with Crippen LogP contribution in [-0.4, -0.2) is 4.98 Å². The van der Waals surface area contributed by atoms with Gasteiger partial charge in [0, 0.05) is 22.0 Å². The summed E-state index contributed by atoms with van der Waals surface area (Å²) >= 11 is 0. The van der Waals surface area contributed by atoms with Crippen molar-refractivity contribution in [1.82, 2.24) is 4.98 Å². The average Bonchev–Trinajstić information content (AvgIpc) is 2.63. The van der Waals surface area contributed by atoms with Crippen molar-refractivity contribution in [1.29, 1.82) is 0 Å². The second-order valence-corrected chi connectivity index (χ2v) is 5.65. The summed E-state index contributed by atoms with van der Waals surface area (Å²) in [4.78, 5) is 4.90. The number of hydrogen-bond acceptors (Lipinski definition) is 2. The van der Waals surface area contributed by atoms with Crippen molar-refractivity contribution in [3.8, 4) is 11.3 Å². The quantitative estimate of drug-likeness (QED) is 0.347. The summed E-state index contributed by atoms with van der Waals surface area (Å²) in [6, 6.07) is 22.8. The minimum absolute atomic E-state index is 0.741. The van der Waals surface area contributed by atoms with E-state index >= 15 is 0 Å². The molecule has 0 saturated carbocycles. The predicted octanol–water partition coefficient (Wildman–Crippen LogP) is 5.97. The SMILES string of the molecule is CC.Cc1ccc2c(c1)c(-c1ccccc1)nc1cc(N)ccc12. The van der Waals surface area contributed by atoms with Gasteiger partial charge in [0.05, 0.1) is 11.2 Å². The Balaban J connectivity index is 0.000000815. The van der Waals surface area contributed by atoms with Gasteiger partial charge in [0.25, 0.3) is 0 Å². The molecule has 3 aromatic carbocycles. The first-order valence-electron chi connectivity index (χ1n) is 8.37. The van der Waals surface area contributed by atoms with Gasteiger partial charge in [-0.2, -0.15) is 0 Å². The molecule has 0 aliphatic heterocycles. The Morgan fingerprint density at radius 3 is 2.21 bits per heavy atom. The summed E-state index contributed by atoms with van der Waals surface area (Å²) < 4.78 is 0. The van der Waals surface area contributed by atoms with Crippen molar-refractivity contribution in [2.45, 2.75) is 20.8 Å². The molecule has 24 heavy (non-hydrogen) atoms. The van der Waals surface area contributed by atoms with Gasteiger partial charge in [0.15, 0.2) is 0 Å². The van der Waals surface area contributed by atoms with Crippen molar-refractivity contribution < 1.29 is 0 Å². The number of anilines is 1. The number of hydrogen-bond donors (Lipinski definition) is 1. The topological polar surface area (TPSA) is 38.9 Å². The lowest BCUT2D eigenvalue weighted by atomic mass is 9.98. The number of aryl methyl sites for hydroxylation is 1. The Morgan fingerprint density at radius 1 is 0.750 bits per heavy atom. The van der Waals surface area contributed by atoms with Gasteiger partial charge in [-0.15, -0.1) is 0 Å². The van der Waals surface area contributed by atoms with E-state index in [0.717, 1.165) is 27.8 Å². The highest BCUT2D eigenvalue weighted by Crippen LogP contribution is 2.33. The molecule has 0 spiro atoms. The molecule has 0 amide bonds. The van der Waals surface area contributed by atoms with Gasteiger partial charge >= 0.3 is 0 Å². The Kier molecular flexibility index (Phi) is 4.48. The molecule has 2 nitrogen and oxygen atoms in total. The molecule has 0 bridgehead atoms. The zero-order valence-electron chi connectivity index (χ0n) is 14.4. The van der Waals surface area contributed by atoms with Crippen molar-refractivity contribution in [3.63, 3.8) is 0 Å². The van der Waals surface area contributed by atoms with Crippen LogP contribution < -0.4 is 5.73 Å². The van der Waals surface area contributed by atoms with E-state index in [-0.39, 0.29) is 0 Å². The average molecular weight is 314 g/mol. The van der Waals surface area contributed by atoms with E-state index in [9.17, 15) is 0 Å². The van der Waals surface area contributed by atoms with E-state index in [4.69, 9.17) is 10.7 Å².